The molecular formula is C14H28O7. The van der Waals surface area contributed by atoms with Crippen molar-refractivity contribution in [2.75, 3.05) is 66.1 Å². The van der Waals surface area contributed by atoms with Gasteiger partial charge in [0.25, 0.3) is 0 Å². The van der Waals surface area contributed by atoms with Crippen molar-refractivity contribution in [1.82, 2.24) is 0 Å². The van der Waals surface area contributed by atoms with E-state index in [0.29, 0.717) is 52.9 Å². The van der Waals surface area contributed by atoms with Crippen molar-refractivity contribution >= 4 is 5.97 Å². The minimum Gasteiger partial charge on any atom is -0.464 e. The van der Waals surface area contributed by atoms with Gasteiger partial charge in [0, 0.05) is 0 Å². The van der Waals surface area contributed by atoms with Crippen LogP contribution < -0.4 is 0 Å². The molecule has 0 rings (SSSR count). The fourth-order valence-corrected chi connectivity index (χ4v) is 1.25. The van der Waals surface area contributed by atoms with Crippen molar-refractivity contribution < 1.29 is 33.6 Å². The van der Waals surface area contributed by atoms with Crippen molar-refractivity contribution in [3.05, 3.63) is 0 Å². The molecule has 0 bridgehead atoms. The molecule has 0 aromatic rings. The Morgan fingerprint density at radius 2 is 1.33 bits per heavy atom. The zero-order chi connectivity index (χ0) is 15.6. The number of carbonyl (C=O) groups is 1. The lowest BCUT2D eigenvalue weighted by Gasteiger charge is -2.07. The number of hydrogen-bond donors (Lipinski definition) is 1. The maximum absolute atomic E-state index is 11.2. The van der Waals surface area contributed by atoms with Gasteiger partial charge in [0.05, 0.1) is 59.5 Å². The van der Waals surface area contributed by atoms with E-state index in [4.69, 9.17) is 28.8 Å². The molecule has 0 atom stereocenters. The molecule has 0 saturated heterocycles. The molecule has 0 aromatic heterocycles. The Bertz CT molecular complexity index is 223. The second kappa shape index (κ2) is 17.3. The molecule has 0 aliphatic heterocycles. The SMILES string of the molecule is CCCCOC(=O)COCCOCCOCCOCCO. The van der Waals surface area contributed by atoms with E-state index in [-0.39, 0.29) is 19.2 Å². The lowest BCUT2D eigenvalue weighted by Crippen LogP contribution is -2.16. The van der Waals surface area contributed by atoms with Crippen molar-refractivity contribution in [2.24, 2.45) is 0 Å². The smallest absolute Gasteiger partial charge is 0.332 e. The topological polar surface area (TPSA) is 83.5 Å². The van der Waals surface area contributed by atoms with Gasteiger partial charge in [-0.1, -0.05) is 13.3 Å². The average Bonchev–Trinajstić information content (AvgIpc) is 2.48. The highest BCUT2D eigenvalue weighted by Gasteiger charge is 2.01. The van der Waals surface area contributed by atoms with Crippen LogP contribution in [0.2, 0.25) is 0 Å². The van der Waals surface area contributed by atoms with Crippen LogP contribution in [0.5, 0.6) is 0 Å². The Balaban J connectivity index is 3.06. The molecule has 0 amide bonds. The fourth-order valence-electron chi connectivity index (χ4n) is 1.25. The molecule has 0 heterocycles. The normalized spacial score (nSPS) is 10.8. The molecule has 21 heavy (non-hydrogen) atoms. The Morgan fingerprint density at radius 1 is 0.810 bits per heavy atom. The lowest BCUT2D eigenvalue weighted by molar-refractivity contribution is -0.149. The first kappa shape index (κ1) is 20.3. The number of aliphatic hydroxyl groups excluding tert-OH is 1. The van der Waals surface area contributed by atoms with Gasteiger partial charge < -0.3 is 28.8 Å². The minimum atomic E-state index is -0.338. The van der Waals surface area contributed by atoms with Crippen LogP contribution >= 0.6 is 0 Å². The number of aliphatic hydroxyl groups is 1. The van der Waals surface area contributed by atoms with Crippen molar-refractivity contribution in [1.29, 1.82) is 0 Å². The summed E-state index contributed by atoms with van der Waals surface area (Å²) in [5.41, 5.74) is 0. The Morgan fingerprint density at radius 3 is 1.86 bits per heavy atom. The first-order valence-corrected chi connectivity index (χ1v) is 7.38. The molecular weight excluding hydrogens is 280 g/mol. The summed E-state index contributed by atoms with van der Waals surface area (Å²) in [6.45, 7) is 5.44. The highest BCUT2D eigenvalue weighted by atomic mass is 16.6. The maximum atomic E-state index is 11.2. The van der Waals surface area contributed by atoms with Gasteiger partial charge in [0.2, 0.25) is 0 Å². The molecule has 0 aromatic carbocycles. The first-order valence-electron chi connectivity index (χ1n) is 7.38. The van der Waals surface area contributed by atoms with Crippen LogP contribution in [0, 0.1) is 0 Å². The number of unbranched alkanes of at least 4 members (excludes halogenated alkanes) is 1. The zero-order valence-electron chi connectivity index (χ0n) is 12.9. The third kappa shape index (κ3) is 17.2. The molecule has 0 unspecified atom stereocenters. The number of carbonyl (C=O) groups excluding carboxylic acids is 1. The molecule has 1 N–H and O–H groups in total. The van der Waals surface area contributed by atoms with Crippen molar-refractivity contribution in [3.8, 4) is 0 Å². The van der Waals surface area contributed by atoms with E-state index < -0.39 is 0 Å². The summed E-state index contributed by atoms with van der Waals surface area (Å²) < 4.78 is 25.6. The monoisotopic (exact) mass is 308 g/mol. The third-order valence-corrected chi connectivity index (χ3v) is 2.33. The Hall–Kier alpha value is -0.730. The van der Waals surface area contributed by atoms with Crippen molar-refractivity contribution in [2.45, 2.75) is 19.8 Å². The van der Waals surface area contributed by atoms with Gasteiger partial charge in [-0.15, -0.1) is 0 Å². The van der Waals surface area contributed by atoms with E-state index in [2.05, 4.69) is 0 Å². The second-order valence-electron chi connectivity index (χ2n) is 4.19. The van der Waals surface area contributed by atoms with E-state index in [1.807, 2.05) is 6.92 Å². The van der Waals surface area contributed by atoms with Crippen LogP contribution in [0.4, 0.5) is 0 Å². The van der Waals surface area contributed by atoms with Gasteiger partial charge in [-0.2, -0.15) is 0 Å². The van der Waals surface area contributed by atoms with E-state index >= 15 is 0 Å². The largest absolute Gasteiger partial charge is 0.464 e. The van der Waals surface area contributed by atoms with Crippen LogP contribution in [0.15, 0.2) is 0 Å². The summed E-state index contributed by atoms with van der Waals surface area (Å²) in [6.07, 6.45) is 1.87. The Kier molecular flexibility index (Phi) is 16.7. The fraction of sp³-hybridized carbons (Fsp3) is 0.929. The van der Waals surface area contributed by atoms with Gasteiger partial charge >= 0.3 is 5.97 Å². The summed E-state index contributed by atoms with van der Waals surface area (Å²) in [7, 11) is 0. The highest BCUT2D eigenvalue weighted by Crippen LogP contribution is 1.89. The van der Waals surface area contributed by atoms with E-state index in [9.17, 15) is 4.79 Å². The minimum absolute atomic E-state index is 0.0231. The number of hydrogen-bond acceptors (Lipinski definition) is 7. The molecule has 0 aliphatic rings. The summed E-state index contributed by atoms with van der Waals surface area (Å²) in [5, 5.41) is 8.47. The molecule has 0 fully saturated rings. The first-order chi connectivity index (χ1) is 10.3. The van der Waals surface area contributed by atoms with Crippen LogP contribution in [0.1, 0.15) is 19.8 Å². The van der Waals surface area contributed by atoms with Crippen LogP contribution in [0.3, 0.4) is 0 Å². The average molecular weight is 308 g/mol. The van der Waals surface area contributed by atoms with E-state index in [1.165, 1.54) is 0 Å². The third-order valence-electron chi connectivity index (χ3n) is 2.33. The predicted molar refractivity (Wildman–Crippen MR) is 76.2 cm³/mol. The second-order valence-corrected chi connectivity index (χ2v) is 4.19. The summed E-state index contributed by atoms with van der Waals surface area (Å²) >= 11 is 0. The zero-order valence-corrected chi connectivity index (χ0v) is 12.9. The Labute approximate surface area is 126 Å². The van der Waals surface area contributed by atoms with Gasteiger partial charge in [0.1, 0.15) is 6.61 Å². The molecule has 0 spiro atoms. The van der Waals surface area contributed by atoms with Crippen LogP contribution in [-0.4, -0.2) is 77.1 Å². The molecule has 0 saturated carbocycles. The number of ether oxygens (including phenoxy) is 5. The van der Waals surface area contributed by atoms with E-state index in [0.717, 1.165) is 12.8 Å². The summed E-state index contributed by atoms with van der Waals surface area (Å²) in [4.78, 5) is 11.2. The van der Waals surface area contributed by atoms with Gasteiger partial charge in [-0.05, 0) is 6.42 Å². The predicted octanol–water partition coefficient (Wildman–Crippen LogP) is 0.388. The number of rotatable bonds is 16. The molecule has 0 aliphatic carbocycles. The summed E-state index contributed by atoms with van der Waals surface area (Å²) in [5.74, 6) is -0.338. The van der Waals surface area contributed by atoms with Gasteiger partial charge in [-0.25, -0.2) is 4.79 Å². The quantitative estimate of drug-likeness (QED) is 0.326. The molecule has 7 heteroatoms. The standard InChI is InChI=1S/C14H28O7/c1-2-3-5-21-14(16)13-20-12-11-19-10-9-18-8-7-17-6-4-15/h15H,2-13H2,1H3. The molecule has 7 nitrogen and oxygen atoms in total. The maximum Gasteiger partial charge on any atom is 0.332 e. The van der Waals surface area contributed by atoms with E-state index in [1.54, 1.807) is 0 Å². The lowest BCUT2D eigenvalue weighted by atomic mass is 10.4. The number of esters is 1. The molecule has 126 valence electrons. The van der Waals surface area contributed by atoms with Crippen LogP contribution in [0.25, 0.3) is 0 Å². The van der Waals surface area contributed by atoms with Crippen molar-refractivity contribution in [3.63, 3.8) is 0 Å². The van der Waals surface area contributed by atoms with Crippen LogP contribution in [-0.2, 0) is 28.5 Å². The van der Waals surface area contributed by atoms with Gasteiger partial charge in [-0.3, -0.25) is 0 Å². The summed E-state index contributed by atoms with van der Waals surface area (Å²) in [6, 6.07) is 0. The van der Waals surface area contributed by atoms with Gasteiger partial charge in [0.15, 0.2) is 0 Å². The molecule has 0 radical (unpaired) electrons. The highest BCUT2D eigenvalue weighted by molar-refractivity contribution is 5.70.